The normalized spacial score (nSPS) is 16.4. The van der Waals surface area contributed by atoms with Gasteiger partial charge in [0.15, 0.2) is 0 Å². The molecular weight excluding hydrogens is 510 g/mol. The number of hydrogen-bond acceptors (Lipinski definition) is 6. The molecule has 0 spiro atoms. The number of aliphatic hydroxyl groups is 1. The van der Waals surface area contributed by atoms with E-state index >= 15 is 0 Å². The van der Waals surface area contributed by atoms with E-state index in [-0.39, 0.29) is 32.3 Å². The first-order valence-corrected chi connectivity index (χ1v) is 13.0. The quantitative estimate of drug-likeness (QED) is 0.269. The van der Waals surface area contributed by atoms with Gasteiger partial charge < -0.3 is 29.6 Å². The summed E-state index contributed by atoms with van der Waals surface area (Å²) in [7, 11) is 1.43. The minimum absolute atomic E-state index is 0.0526. The molecule has 3 N–H and O–H groups in total. The molecule has 1 aliphatic heterocycles. The molecule has 2 aromatic rings. The highest BCUT2D eigenvalue weighted by Gasteiger charge is 2.35. The number of ether oxygens (including phenoxy) is 3. The molecule has 2 amide bonds. The molecule has 206 valence electrons. The second-order valence-electron chi connectivity index (χ2n) is 8.88. The van der Waals surface area contributed by atoms with E-state index in [9.17, 15) is 14.7 Å². The SMILES string of the molecule is C=C(/C=C\C(=C/C)OCCC(O)CNC(=O)COC)[C@H]1c2[nH]c3ccc(Cl)cc3c2CCN1C(=O)OCC. The molecule has 38 heavy (non-hydrogen) atoms. The zero-order chi connectivity index (χ0) is 27.7. The number of aliphatic hydroxyl groups excluding tert-OH is 1. The first-order chi connectivity index (χ1) is 18.3. The Morgan fingerprint density at radius 1 is 1.34 bits per heavy atom. The van der Waals surface area contributed by atoms with E-state index in [0.29, 0.717) is 35.7 Å². The predicted octanol–water partition coefficient (Wildman–Crippen LogP) is 4.42. The number of benzene rings is 1. The highest BCUT2D eigenvalue weighted by molar-refractivity contribution is 6.31. The van der Waals surface area contributed by atoms with Crippen molar-refractivity contribution in [3.63, 3.8) is 0 Å². The smallest absolute Gasteiger partial charge is 0.410 e. The van der Waals surface area contributed by atoms with E-state index in [1.807, 2.05) is 31.2 Å². The van der Waals surface area contributed by atoms with Crippen molar-refractivity contribution in [3.05, 3.63) is 70.6 Å². The molecule has 2 atom stereocenters. The van der Waals surface area contributed by atoms with Gasteiger partial charge in [0.05, 0.1) is 19.3 Å². The highest BCUT2D eigenvalue weighted by Crippen LogP contribution is 2.39. The summed E-state index contributed by atoms with van der Waals surface area (Å²) in [6, 6.07) is 5.25. The van der Waals surface area contributed by atoms with E-state index < -0.39 is 18.2 Å². The van der Waals surface area contributed by atoms with Crippen molar-refractivity contribution in [2.75, 3.05) is 40.0 Å². The molecule has 1 aliphatic rings. The summed E-state index contributed by atoms with van der Waals surface area (Å²) in [4.78, 5) is 29.4. The van der Waals surface area contributed by atoms with Gasteiger partial charge in [0, 0.05) is 48.2 Å². The van der Waals surface area contributed by atoms with Gasteiger partial charge in [0.25, 0.3) is 0 Å². The number of fused-ring (bicyclic) bond motifs is 3. The summed E-state index contributed by atoms with van der Waals surface area (Å²) in [5, 5.41) is 14.4. The molecule has 0 radical (unpaired) electrons. The Kier molecular flexibility index (Phi) is 10.8. The van der Waals surface area contributed by atoms with Crippen LogP contribution in [0.3, 0.4) is 0 Å². The molecule has 3 rings (SSSR count). The summed E-state index contributed by atoms with van der Waals surface area (Å²) >= 11 is 6.26. The lowest BCUT2D eigenvalue weighted by Gasteiger charge is -2.35. The van der Waals surface area contributed by atoms with Gasteiger partial charge in [-0.2, -0.15) is 0 Å². The maximum absolute atomic E-state index is 12.8. The van der Waals surface area contributed by atoms with Crippen LogP contribution in [0.2, 0.25) is 5.02 Å². The standard InChI is InChI=1S/C28H36ClN3O6/c1-5-21(38-14-12-20(33)16-30-25(34)17-36-4)9-7-18(3)27-26-22(11-13-32(27)28(35)37-6-2)23-15-19(29)8-10-24(23)31-26/h5,7-10,15,20,27,31,33H,3,6,11-14,16-17H2,1-2,4H3,(H,30,34)/b9-7-,21-5+/t20?,27-/m0/s1. The number of nitrogens with zero attached hydrogens (tertiary/aromatic N) is 1. The van der Waals surface area contributed by atoms with Crippen LogP contribution < -0.4 is 5.32 Å². The van der Waals surface area contributed by atoms with Crippen molar-refractivity contribution >= 4 is 34.5 Å². The second-order valence-corrected chi connectivity index (χ2v) is 9.32. The Balaban J connectivity index is 1.70. The fraction of sp³-hybridized carbons (Fsp3) is 0.429. The zero-order valence-corrected chi connectivity index (χ0v) is 22.8. The molecule has 0 saturated heterocycles. The Morgan fingerprint density at radius 3 is 2.84 bits per heavy atom. The summed E-state index contributed by atoms with van der Waals surface area (Å²) < 4.78 is 15.9. The van der Waals surface area contributed by atoms with Crippen molar-refractivity contribution in [2.24, 2.45) is 0 Å². The van der Waals surface area contributed by atoms with Gasteiger partial charge in [-0.1, -0.05) is 24.3 Å². The predicted molar refractivity (Wildman–Crippen MR) is 147 cm³/mol. The van der Waals surface area contributed by atoms with Gasteiger partial charge in [-0.15, -0.1) is 0 Å². The van der Waals surface area contributed by atoms with Gasteiger partial charge in [-0.05, 0) is 61.8 Å². The third kappa shape index (κ3) is 7.40. The number of halogens is 1. The molecule has 0 bridgehead atoms. The van der Waals surface area contributed by atoms with Crippen LogP contribution in [0.1, 0.15) is 37.6 Å². The van der Waals surface area contributed by atoms with E-state index in [1.165, 1.54) is 7.11 Å². The molecule has 1 aromatic heterocycles. The summed E-state index contributed by atoms with van der Waals surface area (Å²) in [5.41, 5.74) is 3.62. The van der Waals surface area contributed by atoms with Gasteiger partial charge in [0.1, 0.15) is 18.4 Å². The van der Waals surface area contributed by atoms with Crippen LogP contribution in [0.4, 0.5) is 4.79 Å². The fourth-order valence-corrected chi connectivity index (χ4v) is 4.56. The molecule has 0 saturated carbocycles. The molecule has 9 nitrogen and oxygen atoms in total. The molecule has 10 heteroatoms. The largest absolute Gasteiger partial charge is 0.494 e. The van der Waals surface area contributed by atoms with Crippen LogP contribution in [0, 0.1) is 0 Å². The van der Waals surface area contributed by atoms with Crippen molar-refractivity contribution < 1.29 is 28.9 Å². The van der Waals surface area contributed by atoms with E-state index in [2.05, 4.69) is 16.9 Å². The summed E-state index contributed by atoms with van der Waals surface area (Å²) in [6.45, 7) is 8.97. The van der Waals surface area contributed by atoms with E-state index in [1.54, 1.807) is 24.0 Å². The van der Waals surface area contributed by atoms with Gasteiger partial charge in [0.2, 0.25) is 5.91 Å². The number of aromatic nitrogens is 1. The van der Waals surface area contributed by atoms with Crippen LogP contribution in [0.15, 0.2) is 54.3 Å². The molecule has 2 heterocycles. The number of carbonyl (C=O) groups is 2. The molecule has 1 unspecified atom stereocenters. The Morgan fingerprint density at radius 2 is 2.13 bits per heavy atom. The molecular formula is C28H36ClN3O6. The van der Waals surface area contributed by atoms with Gasteiger partial charge >= 0.3 is 6.09 Å². The van der Waals surface area contributed by atoms with E-state index in [4.69, 9.17) is 25.8 Å². The Bertz CT molecular complexity index is 1200. The first-order valence-electron chi connectivity index (χ1n) is 12.6. The minimum atomic E-state index is -0.748. The van der Waals surface area contributed by atoms with Crippen molar-refractivity contribution in [2.45, 2.75) is 38.8 Å². The lowest BCUT2D eigenvalue weighted by atomic mass is 9.93. The van der Waals surface area contributed by atoms with Crippen LogP contribution in [0.25, 0.3) is 10.9 Å². The Hall–Kier alpha value is -3.27. The van der Waals surface area contributed by atoms with Gasteiger partial charge in [-0.25, -0.2) is 4.79 Å². The number of H-pyrrole nitrogens is 1. The van der Waals surface area contributed by atoms with Crippen molar-refractivity contribution in [1.29, 1.82) is 0 Å². The number of hydrogen-bond donors (Lipinski definition) is 3. The lowest BCUT2D eigenvalue weighted by molar-refractivity contribution is -0.125. The minimum Gasteiger partial charge on any atom is -0.494 e. The summed E-state index contributed by atoms with van der Waals surface area (Å²) in [5.74, 6) is 0.299. The fourth-order valence-electron chi connectivity index (χ4n) is 4.39. The summed E-state index contributed by atoms with van der Waals surface area (Å²) in [6.07, 6.45) is 5.26. The Labute approximate surface area is 228 Å². The van der Waals surface area contributed by atoms with Crippen molar-refractivity contribution in [1.82, 2.24) is 15.2 Å². The number of rotatable bonds is 12. The third-order valence-corrected chi connectivity index (χ3v) is 6.45. The van der Waals surface area contributed by atoms with Crippen LogP contribution in [0.5, 0.6) is 0 Å². The maximum atomic E-state index is 12.8. The molecule has 0 fully saturated rings. The molecule has 1 aromatic carbocycles. The zero-order valence-electron chi connectivity index (χ0n) is 22.1. The monoisotopic (exact) mass is 545 g/mol. The average molecular weight is 546 g/mol. The number of methoxy groups -OCH3 is 1. The van der Waals surface area contributed by atoms with Gasteiger partial charge in [-0.3, -0.25) is 9.69 Å². The number of carbonyl (C=O) groups excluding carboxylic acids is 2. The number of amides is 2. The first kappa shape index (κ1) is 29.3. The topological polar surface area (TPSA) is 113 Å². The van der Waals surface area contributed by atoms with Crippen molar-refractivity contribution in [3.8, 4) is 0 Å². The number of aromatic amines is 1. The average Bonchev–Trinajstić information content (AvgIpc) is 3.26. The highest BCUT2D eigenvalue weighted by atomic mass is 35.5. The van der Waals surface area contributed by atoms with Crippen LogP contribution in [-0.4, -0.2) is 73.1 Å². The lowest BCUT2D eigenvalue weighted by Crippen LogP contribution is -2.41. The van der Waals surface area contributed by atoms with Crippen LogP contribution in [-0.2, 0) is 25.4 Å². The van der Waals surface area contributed by atoms with Crippen LogP contribution >= 0.6 is 11.6 Å². The number of nitrogens with one attached hydrogen (secondary N) is 2. The maximum Gasteiger partial charge on any atom is 0.410 e. The van der Waals surface area contributed by atoms with E-state index in [0.717, 1.165) is 22.2 Å². The third-order valence-electron chi connectivity index (χ3n) is 6.22. The number of allylic oxidation sites excluding steroid dienone is 2. The molecule has 0 aliphatic carbocycles. The second kappa shape index (κ2) is 14.0.